The molecule has 0 aliphatic rings. The zero-order valence-corrected chi connectivity index (χ0v) is 6.09. The van der Waals surface area contributed by atoms with Crippen molar-refractivity contribution in [2.45, 2.75) is 13.8 Å². The first-order chi connectivity index (χ1) is 4.57. The van der Waals surface area contributed by atoms with E-state index < -0.39 is 5.97 Å². The minimum Gasteiger partial charge on any atom is -0.548 e. The zero-order chi connectivity index (χ0) is 8.15. The highest BCUT2D eigenvalue weighted by atomic mass is 16.4. The van der Waals surface area contributed by atoms with Gasteiger partial charge in [-0.2, -0.15) is 0 Å². The predicted molar refractivity (Wildman–Crippen MR) is 32.9 cm³/mol. The quantitative estimate of drug-likeness (QED) is 0.489. The van der Waals surface area contributed by atoms with Gasteiger partial charge in [0.2, 0.25) is 5.91 Å². The second-order valence-corrected chi connectivity index (χ2v) is 1.91. The summed E-state index contributed by atoms with van der Waals surface area (Å²) in [5.41, 5.74) is 0. The molecular formula is C6H10NO3-. The molecule has 0 bridgehead atoms. The van der Waals surface area contributed by atoms with E-state index in [0.717, 1.165) is 0 Å². The highest BCUT2D eigenvalue weighted by Crippen LogP contribution is 1.85. The Morgan fingerprint density at radius 2 is 2.00 bits per heavy atom. The fraction of sp³-hybridized carbons (Fsp3) is 0.667. The van der Waals surface area contributed by atoms with E-state index in [1.165, 1.54) is 11.8 Å². The molecule has 0 N–H and O–H groups in total. The summed E-state index contributed by atoms with van der Waals surface area (Å²) >= 11 is 0. The second-order valence-electron chi connectivity index (χ2n) is 1.91. The number of carboxylic acids is 1. The number of amides is 1. The van der Waals surface area contributed by atoms with Crippen molar-refractivity contribution in [2.75, 3.05) is 13.1 Å². The molecule has 0 aliphatic heterocycles. The number of hydrogen-bond acceptors (Lipinski definition) is 3. The Hall–Kier alpha value is -1.06. The van der Waals surface area contributed by atoms with Gasteiger partial charge in [0.05, 0.1) is 12.5 Å². The van der Waals surface area contributed by atoms with Gasteiger partial charge in [0.25, 0.3) is 0 Å². The van der Waals surface area contributed by atoms with Crippen molar-refractivity contribution in [3.63, 3.8) is 0 Å². The monoisotopic (exact) mass is 144 g/mol. The Morgan fingerprint density at radius 3 is 2.10 bits per heavy atom. The minimum absolute atomic E-state index is 0.244. The largest absolute Gasteiger partial charge is 0.548 e. The van der Waals surface area contributed by atoms with Crippen LogP contribution in [0.25, 0.3) is 0 Å². The lowest BCUT2D eigenvalue weighted by Crippen LogP contribution is -2.40. The number of carboxylic acid groups (broad SMARTS) is 1. The van der Waals surface area contributed by atoms with E-state index in [0.29, 0.717) is 6.54 Å². The first kappa shape index (κ1) is 8.94. The maximum absolute atomic E-state index is 10.5. The molecule has 0 unspecified atom stereocenters. The third-order valence-electron chi connectivity index (χ3n) is 1.15. The van der Waals surface area contributed by atoms with Gasteiger partial charge in [-0.05, 0) is 6.92 Å². The maximum atomic E-state index is 10.5. The lowest BCUT2D eigenvalue weighted by molar-refractivity contribution is -0.306. The normalized spacial score (nSPS) is 9.00. The Balaban J connectivity index is 3.83. The fourth-order valence-corrected chi connectivity index (χ4v) is 0.602. The molecule has 0 aromatic rings. The first-order valence-electron chi connectivity index (χ1n) is 3.03. The lowest BCUT2D eigenvalue weighted by Gasteiger charge is -2.18. The molecule has 0 rings (SSSR count). The highest BCUT2D eigenvalue weighted by Gasteiger charge is 2.03. The van der Waals surface area contributed by atoms with E-state index in [1.54, 1.807) is 6.92 Å². The molecule has 0 spiro atoms. The van der Waals surface area contributed by atoms with Crippen LogP contribution in [0.4, 0.5) is 0 Å². The van der Waals surface area contributed by atoms with Gasteiger partial charge in [-0.15, -0.1) is 0 Å². The van der Waals surface area contributed by atoms with Gasteiger partial charge in [0.15, 0.2) is 0 Å². The van der Waals surface area contributed by atoms with Crippen LogP contribution in [-0.4, -0.2) is 29.9 Å². The topological polar surface area (TPSA) is 60.4 Å². The fourth-order valence-electron chi connectivity index (χ4n) is 0.602. The molecule has 0 saturated carbocycles. The van der Waals surface area contributed by atoms with Crippen molar-refractivity contribution < 1.29 is 14.7 Å². The molecule has 0 heterocycles. The third kappa shape index (κ3) is 3.06. The summed E-state index contributed by atoms with van der Waals surface area (Å²) in [6, 6.07) is 0. The molecule has 0 aromatic carbocycles. The summed E-state index contributed by atoms with van der Waals surface area (Å²) in [5.74, 6) is -1.47. The van der Waals surface area contributed by atoms with Crippen LogP contribution in [0.15, 0.2) is 0 Å². The number of nitrogens with zero attached hydrogens (tertiary/aromatic N) is 1. The molecule has 0 aliphatic carbocycles. The van der Waals surface area contributed by atoms with E-state index in [2.05, 4.69) is 0 Å². The Bertz CT molecular complexity index is 144. The van der Waals surface area contributed by atoms with Gasteiger partial charge in [0.1, 0.15) is 0 Å². The van der Waals surface area contributed by atoms with Crippen LogP contribution in [0.3, 0.4) is 0 Å². The van der Waals surface area contributed by atoms with Crippen LogP contribution < -0.4 is 5.11 Å². The minimum atomic E-state index is -1.22. The van der Waals surface area contributed by atoms with Gasteiger partial charge < -0.3 is 14.8 Å². The number of likely N-dealkylation sites (N-methyl/N-ethyl adjacent to an activating group) is 1. The van der Waals surface area contributed by atoms with Crippen molar-refractivity contribution >= 4 is 11.9 Å². The second kappa shape index (κ2) is 3.87. The van der Waals surface area contributed by atoms with Crippen LogP contribution in [0.2, 0.25) is 0 Å². The van der Waals surface area contributed by atoms with E-state index >= 15 is 0 Å². The number of carbonyl (C=O) groups excluding carboxylic acids is 2. The lowest BCUT2D eigenvalue weighted by atomic mass is 10.5. The summed E-state index contributed by atoms with van der Waals surface area (Å²) in [7, 11) is 0. The Labute approximate surface area is 59.4 Å². The Morgan fingerprint density at radius 1 is 1.50 bits per heavy atom. The molecule has 58 valence electrons. The van der Waals surface area contributed by atoms with Gasteiger partial charge in [0, 0.05) is 13.5 Å². The maximum Gasteiger partial charge on any atom is 0.219 e. The van der Waals surface area contributed by atoms with Crippen molar-refractivity contribution in [3.8, 4) is 0 Å². The van der Waals surface area contributed by atoms with Crippen molar-refractivity contribution in [3.05, 3.63) is 0 Å². The number of aliphatic carboxylic acids is 1. The first-order valence-corrected chi connectivity index (χ1v) is 3.03. The summed E-state index contributed by atoms with van der Waals surface area (Å²) in [6.07, 6.45) is 0. The zero-order valence-electron chi connectivity index (χ0n) is 6.09. The molecule has 0 radical (unpaired) electrons. The summed E-state index contributed by atoms with van der Waals surface area (Å²) in [6.45, 7) is 3.13. The van der Waals surface area contributed by atoms with Crippen molar-refractivity contribution in [2.24, 2.45) is 0 Å². The molecule has 0 aromatic heterocycles. The van der Waals surface area contributed by atoms with Gasteiger partial charge >= 0.3 is 0 Å². The molecule has 0 fully saturated rings. The molecule has 0 saturated heterocycles. The van der Waals surface area contributed by atoms with Crippen molar-refractivity contribution in [1.82, 2.24) is 4.90 Å². The van der Waals surface area contributed by atoms with Gasteiger partial charge in [-0.3, -0.25) is 4.79 Å². The predicted octanol–water partition coefficient (Wildman–Crippen LogP) is -1.40. The SMILES string of the molecule is CCN(CC(=O)[O-])C(C)=O. The van der Waals surface area contributed by atoms with E-state index in [1.807, 2.05) is 0 Å². The summed E-state index contributed by atoms with van der Waals surface area (Å²) in [4.78, 5) is 21.7. The summed E-state index contributed by atoms with van der Waals surface area (Å²) in [5, 5.41) is 9.97. The average molecular weight is 144 g/mol. The molecule has 4 nitrogen and oxygen atoms in total. The van der Waals surface area contributed by atoms with Crippen molar-refractivity contribution in [1.29, 1.82) is 0 Å². The molecule has 0 atom stereocenters. The highest BCUT2D eigenvalue weighted by molar-refractivity contribution is 5.78. The molecule has 10 heavy (non-hydrogen) atoms. The molecular weight excluding hydrogens is 134 g/mol. The number of hydrogen-bond donors (Lipinski definition) is 0. The van der Waals surface area contributed by atoms with Crippen LogP contribution >= 0.6 is 0 Å². The molecule has 1 amide bonds. The van der Waals surface area contributed by atoms with E-state index in [-0.39, 0.29) is 12.5 Å². The number of rotatable bonds is 3. The third-order valence-corrected chi connectivity index (χ3v) is 1.15. The summed E-state index contributed by atoms with van der Waals surface area (Å²) < 4.78 is 0. The van der Waals surface area contributed by atoms with Crippen LogP contribution in [0, 0.1) is 0 Å². The Kier molecular flexibility index (Phi) is 3.46. The average Bonchev–Trinajstić information content (AvgIpc) is 1.81. The standard InChI is InChI=1S/C6H11NO3/c1-3-7(5(2)8)4-6(9)10/h3-4H2,1-2H3,(H,9,10)/p-1. The van der Waals surface area contributed by atoms with Crippen LogP contribution in [-0.2, 0) is 9.59 Å². The smallest absolute Gasteiger partial charge is 0.219 e. The van der Waals surface area contributed by atoms with Crippen LogP contribution in [0.5, 0.6) is 0 Å². The van der Waals surface area contributed by atoms with Gasteiger partial charge in [-0.1, -0.05) is 0 Å². The van der Waals surface area contributed by atoms with E-state index in [9.17, 15) is 14.7 Å². The number of carbonyl (C=O) groups is 2. The van der Waals surface area contributed by atoms with Gasteiger partial charge in [-0.25, -0.2) is 0 Å². The van der Waals surface area contributed by atoms with Crippen LogP contribution in [0.1, 0.15) is 13.8 Å². The molecule has 4 heteroatoms. The van der Waals surface area contributed by atoms with E-state index in [4.69, 9.17) is 0 Å².